The number of aryl methyl sites for hydroxylation is 1. The van der Waals surface area contributed by atoms with Crippen LogP contribution in [-0.4, -0.2) is 0 Å². The van der Waals surface area contributed by atoms with E-state index in [0.29, 0.717) is 0 Å². The molecule has 82 valence electrons. The van der Waals surface area contributed by atoms with Crippen LogP contribution in [0, 0.1) is 6.92 Å². The van der Waals surface area contributed by atoms with Crippen molar-refractivity contribution in [2.24, 2.45) is 5.73 Å². The van der Waals surface area contributed by atoms with Gasteiger partial charge in [-0.15, -0.1) is 0 Å². The maximum absolute atomic E-state index is 6.20. The van der Waals surface area contributed by atoms with Crippen molar-refractivity contribution < 1.29 is 0 Å². The summed E-state index contributed by atoms with van der Waals surface area (Å²) in [5.41, 5.74) is 9.96. The quantitative estimate of drug-likeness (QED) is 0.828. The lowest BCUT2D eigenvalue weighted by atomic mass is 9.98. The van der Waals surface area contributed by atoms with Crippen LogP contribution < -0.4 is 5.73 Å². The molecule has 0 aliphatic rings. The number of hydrogen-bond donors (Lipinski definition) is 1. The molecule has 0 bridgehead atoms. The zero-order chi connectivity index (χ0) is 11.4. The molecular formula is C15H17N. The van der Waals surface area contributed by atoms with E-state index >= 15 is 0 Å². The molecule has 0 saturated carbocycles. The van der Waals surface area contributed by atoms with Gasteiger partial charge < -0.3 is 5.73 Å². The summed E-state index contributed by atoms with van der Waals surface area (Å²) in [4.78, 5) is 0. The lowest BCUT2D eigenvalue weighted by molar-refractivity contribution is 0.721. The van der Waals surface area contributed by atoms with Crippen molar-refractivity contribution in [3.8, 4) is 0 Å². The van der Waals surface area contributed by atoms with Crippen LogP contribution in [0.15, 0.2) is 54.6 Å². The van der Waals surface area contributed by atoms with Crippen LogP contribution in [0.3, 0.4) is 0 Å². The standard InChI is InChI=1S/C15H17N/c1-12-6-5-9-14(10-12)15(16)11-13-7-3-2-4-8-13/h2-10,15H,11,16H2,1H3/t15-/m0/s1. The molecule has 0 unspecified atom stereocenters. The van der Waals surface area contributed by atoms with E-state index in [1.807, 2.05) is 6.07 Å². The normalized spacial score (nSPS) is 12.4. The highest BCUT2D eigenvalue weighted by molar-refractivity contribution is 5.27. The van der Waals surface area contributed by atoms with Gasteiger partial charge in [0.05, 0.1) is 0 Å². The van der Waals surface area contributed by atoms with Crippen LogP contribution in [0.4, 0.5) is 0 Å². The first-order valence-electron chi connectivity index (χ1n) is 5.62. The first kappa shape index (κ1) is 10.9. The Morgan fingerprint density at radius 2 is 1.75 bits per heavy atom. The fourth-order valence-electron chi connectivity index (χ4n) is 1.89. The van der Waals surface area contributed by atoms with E-state index in [1.165, 1.54) is 16.7 Å². The van der Waals surface area contributed by atoms with Crippen LogP contribution >= 0.6 is 0 Å². The van der Waals surface area contributed by atoms with E-state index in [-0.39, 0.29) is 6.04 Å². The predicted octanol–water partition coefficient (Wildman–Crippen LogP) is 3.24. The van der Waals surface area contributed by atoms with Gasteiger partial charge in [-0.3, -0.25) is 0 Å². The second-order valence-corrected chi connectivity index (χ2v) is 4.21. The Kier molecular flexibility index (Phi) is 3.37. The Morgan fingerprint density at radius 1 is 1.00 bits per heavy atom. The summed E-state index contributed by atoms with van der Waals surface area (Å²) in [6, 6.07) is 18.9. The van der Waals surface area contributed by atoms with E-state index < -0.39 is 0 Å². The van der Waals surface area contributed by atoms with E-state index in [1.54, 1.807) is 0 Å². The maximum atomic E-state index is 6.20. The maximum Gasteiger partial charge on any atom is 0.0335 e. The Bertz CT molecular complexity index is 448. The molecule has 0 amide bonds. The van der Waals surface area contributed by atoms with Crippen molar-refractivity contribution in [3.63, 3.8) is 0 Å². The van der Waals surface area contributed by atoms with Crippen LogP contribution in [0.1, 0.15) is 22.7 Å². The summed E-state index contributed by atoms with van der Waals surface area (Å²) >= 11 is 0. The van der Waals surface area contributed by atoms with Gasteiger partial charge in [-0.1, -0.05) is 60.2 Å². The molecule has 0 heterocycles. The Balaban J connectivity index is 2.12. The number of benzene rings is 2. The largest absolute Gasteiger partial charge is 0.324 e. The summed E-state index contributed by atoms with van der Waals surface area (Å²) in [5.74, 6) is 0. The Labute approximate surface area is 96.9 Å². The van der Waals surface area contributed by atoms with Gasteiger partial charge in [0.2, 0.25) is 0 Å². The van der Waals surface area contributed by atoms with Gasteiger partial charge in [0.1, 0.15) is 0 Å². The molecular weight excluding hydrogens is 194 g/mol. The lowest BCUT2D eigenvalue weighted by Gasteiger charge is -2.12. The molecule has 1 nitrogen and oxygen atoms in total. The second-order valence-electron chi connectivity index (χ2n) is 4.21. The first-order chi connectivity index (χ1) is 7.75. The SMILES string of the molecule is Cc1cccc([C@@H](N)Cc2ccccc2)c1. The lowest BCUT2D eigenvalue weighted by Crippen LogP contribution is -2.13. The summed E-state index contributed by atoms with van der Waals surface area (Å²) < 4.78 is 0. The fraction of sp³-hybridized carbons (Fsp3) is 0.200. The highest BCUT2D eigenvalue weighted by atomic mass is 14.6. The van der Waals surface area contributed by atoms with Crippen molar-refractivity contribution in [3.05, 3.63) is 71.3 Å². The van der Waals surface area contributed by atoms with Gasteiger partial charge >= 0.3 is 0 Å². The molecule has 1 atom stereocenters. The van der Waals surface area contributed by atoms with E-state index in [4.69, 9.17) is 5.73 Å². The van der Waals surface area contributed by atoms with E-state index in [9.17, 15) is 0 Å². The van der Waals surface area contributed by atoms with Gasteiger partial charge in [0, 0.05) is 6.04 Å². The summed E-state index contributed by atoms with van der Waals surface area (Å²) in [5, 5.41) is 0. The summed E-state index contributed by atoms with van der Waals surface area (Å²) in [7, 11) is 0. The zero-order valence-electron chi connectivity index (χ0n) is 9.56. The van der Waals surface area contributed by atoms with Gasteiger partial charge in [0.15, 0.2) is 0 Å². The van der Waals surface area contributed by atoms with Crippen molar-refractivity contribution >= 4 is 0 Å². The van der Waals surface area contributed by atoms with Crippen LogP contribution in [0.5, 0.6) is 0 Å². The monoisotopic (exact) mass is 211 g/mol. The third kappa shape index (κ3) is 2.71. The molecule has 0 aromatic heterocycles. The molecule has 1 heteroatoms. The molecule has 0 spiro atoms. The van der Waals surface area contributed by atoms with Gasteiger partial charge in [-0.05, 0) is 24.5 Å². The third-order valence-electron chi connectivity index (χ3n) is 2.77. The third-order valence-corrected chi connectivity index (χ3v) is 2.77. The fourth-order valence-corrected chi connectivity index (χ4v) is 1.89. The van der Waals surface area contributed by atoms with Crippen molar-refractivity contribution in [1.29, 1.82) is 0 Å². The minimum atomic E-state index is 0.0855. The second kappa shape index (κ2) is 4.95. The molecule has 0 fully saturated rings. The highest BCUT2D eigenvalue weighted by Gasteiger charge is 2.06. The zero-order valence-corrected chi connectivity index (χ0v) is 9.56. The van der Waals surface area contributed by atoms with E-state index in [2.05, 4.69) is 55.5 Å². The van der Waals surface area contributed by atoms with Crippen LogP contribution in [-0.2, 0) is 6.42 Å². The number of rotatable bonds is 3. The minimum Gasteiger partial charge on any atom is -0.324 e. The first-order valence-corrected chi connectivity index (χ1v) is 5.62. The molecule has 2 aromatic carbocycles. The predicted molar refractivity (Wildman–Crippen MR) is 68.3 cm³/mol. The smallest absolute Gasteiger partial charge is 0.0335 e. The Morgan fingerprint density at radius 3 is 2.44 bits per heavy atom. The van der Waals surface area contributed by atoms with Crippen LogP contribution in [0.2, 0.25) is 0 Å². The van der Waals surface area contributed by atoms with Crippen molar-refractivity contribution in [1.82, 2.24) is 0 Å². The molecule has 0 radical (unpaired) electrons. The average Bonchev–Trinajstić information content (AvgIpc) is 2.30. The molecule has 16 heavy (non-hydrogen) atoms. The molecule has 0 saturated heterocycles. The molecule has 0 aliphatic heterocycles. The van der Waals surface area contributed by atoms with Gasteiger partial charge in [-0.2, -0.15) is 0 Å². The summed E-state index contributed by atoms with van der Waals surface area (Å²) in [6.45, 7) is 2.10. The van der Waals surface area contributed by atoms with Crippen molar-refractivity contribution in [2.45, 2.75) is 19.4 Å². The number of hydrogen-bond acceptors (Lipinski definition) is 1. The Hall–Kier alpha value is -1.60. The minimum absolute atomic E-state index is 0.0855. The number of nitrogens with two attached hydrogens (primary N) is 1. The van der Waals surface area contributed by atoms with Gasteiger partial charge in [-0.25, -0.2) is 0 Å². The average molecular weight is 211 g/mol. The van der Waals surface area contributed by atoms with Gasteiger partial charge in [0.25, 0.3) is 0 Å². The topological polar surface area (TPSA) is 26.0 Å². The van der Waals surface area contributed by atoms with Crippen LogP contribution in [0.25, 0.3) is 0 Å². The molecule has 2 N–H and O–H groups in total. The highest BCUT2D eigenvalue weighted by Crippen LogP contribution is 2.16. The van der Waals surface area contributed by atoms with E-state index in [0.717, 1.165) is 6.42 Å². The molecule has 2 aromatic rings. The summed E-state index contributed by atoms with van der Waals surface area (Å²) in [6.07, 6.45) is 0.893. The molecule has 2 rings (SSSR count). The molecule has 0 aliphatic carbocycles. The van der Waals surface area contributed by atoms with Crippen molar-refractivity contribution in [2.75, 3.05) is 0 Å².